The molecule has 0 atom stereocenters. The summed E-state index contributed by atoms with van der Waals surface area (Å²) in [7, 11) is 1.75. The second-order valence-corrected chi connectivity index (χ2v) is 6.07. The fourth-order valence-corrected chi connectivity index (χ4v) is 2.71. The molecule has 6 nitrogen and oxygen atoms in total. The number of anilines is 1. The Morgan fingerprint density at radius 1 is 1.43 bits per heavy atom. The predicted molar refractivity (Wildman–Crippen MR) is 90.4 cm³/mol. The van der Waals surface area contributed by atoms with Crippen LogP contribution in [-0.4, -0.2) is 67.0 Å². The molecule has 0 radical (unpaired) electrons. The molecule has 0 unspecified atom stereocenters. The molecule has 1 aliphatic rings. The topological polar surface area (TPSA) is 63.5 Å². The summed E-state index contributed by atoms with van der Waals surface area (Å²) in [6.07, 6.45) is 2.60. The van der Waals surface area contributed by atoms with E-state index in [4.69, 9.17) is 16.9 Å². The molecule has 1 aromatic heterocycles. The van der Waals surface area contributed by atoms with Gasteiger partial charge in [0.2, 0.25) is 5.91 Å². The summed E-state index contributed by atoms with van der Waals surface area (Å²) < 4.78 is 0. The van der Waals surface area contributed by atoms with E-state index in [1.165, 1.54) is 0 Å². The van der Waals surface area contributed by atoms with Gasteiger partial charge in [-0.05, 0) is 12.1 Å². The van der Waals surface area contributed by atoms with Crippen molar-refractivity contribution in [2.75, 3.05) is 51.2 Å². The largest absolute Gasteiger partial charge is 0.354 e. The molecule has 2 heterocycles. The number of nitriles is 1. The zero-order valence-electron chi connectivity index (χ0n) is 13.4. The van der Waals surface area contributed by atoms with Crippen molar-refractivity contribution < 1.29 is 4.79 Å². The molecule has 2 rings (SSSR count). The Kier molecular flexibility index (Phi) is 6.63. The van der Waals surface area contributed by atoms with Crippen LogP contribution in [0.4, 0.5) is 5.82 Å². The minimum absolute atomic E-state index is 0.0965. The summed E-state index contributed by atoms with van der Waals surface area (Å²) in [6, 6.07) is 5.71. The number of nitrogens with zero attached hydrogens (tertiary/aromatic N) is 5. The van der Waals surface area contributed by atoms with Crippen molar-refractivity contribution in [2.45, 2.75) is 12.8 Å². The number of pyridine rings is 1. The lowest BCUT2D eigenvalue weighted by atomic mass is 10.2. The zero-order chi connectivity index (χ0) is 16.7. The Morgan fingerprint density at radius 3 is 2.83 bits per heavy atom. The molecule has 124 valence electrons. The van der Waals surface area contributed by atoms with Gasteiger partial charge in [-0.2, -0.15) is 5.26 Å². The van der Waals surface area contributed by atoms with Crippen LogP contribution in [0.3, 0.4) is 0 Å². The number of aromatic nitrogens is 1. The van der Waals surface area contributed by atoms with E-state index in [0.717, 1.165) is 38.5 Å². The Hall–Kier alpha value is -1.84. The van der Waals surface area contributed by atoms with Crippen LogP contribution in [0.5, 0.6) is 0 Å². The van der Waals surface area contributed by atoms with Crippen LogP contribution in [0.25, 0.3) is 0 Å². The van der Waals surface area contributed by atoms with Gasteiger partial charge < -0.3 is 9.80 Å². The van der Waals surface area contributed by atoms with Crippen molar-refractivity contribution in [3.05, 3.63) is 23.4 Å². The van der Waals surface area contributed by atoms with Gasteiger partial charge in [0.25, 0.3) is 0 Å². The second kappa shape index (κ2) is 8.70. The van der Waals surface area contributed by atoms with Gasteiger partial charge in [-0.1, -0.05) is 11.6 Å². The first-order valence-corrected chi connectivity index (χ1v) is 8.17. The maximum atomic E-state index is 12.0. The fraction of sp³-hybridized carbons (Fsp3) is 0.562. The van der Waals surface area contributed by atoms with Gasteiger partial charge in [-0.25, -0.2) is 4.98 Å². The monoisotopic (exact) mass is 335 g/mol. The van der Waals surface area contributed by atoms with Crippen LogP contribution in [0.2, 0.25) is 5.02 Å². The molecule has 0 N–H and O–H groups in total. The van der Waals surface area contributed by atoms with Crippen LogP contribution < -0.4 is 4.90 Å². The number of carbonyl (C=O) groups excluding carboxylic acids is 1. The van der Waals surface area contributed by atoms with E-state index in [2.05, 4.69) is 20.9 Å². The van der Waals surface area contributed by atoms with Crippen LogP contribution in [-0.2, 0) is 4.79 Å². The van der Waals surface area contributed by atoms with E-state index in [1.807, 2.05) is 6.07 Å². The minimum atomic E-state index is 0.0965. The molecule has 0 aromatic carbocycles. The van der Waals surface area contributed by atoms with Gasteiger partial charge in [0.1, 0.15) is 5.82 Å². The summed E-state index contributed by atoms with van der Waals surface area (Å²) in [5, 5.41) is 9.25. The molecule has 1 aromatic rings. The normalized spacial score (nSPS) is 15.3. The Bertz CT molecular complexity index is 566. The lowest BCUT2D eigenvalue weighted by Gasteiger charge is -2.35. The highest BCUT2D eigenvalue weighted by molar-refractivity contribution is 6.30. The zero-order valence-corrected chi connectivity index (χ0v) is 14.2. The lowest BCUT2D eigenvalue weighted by molar-refractivity contribution is -0.130. The molecule has 0 aliphatic carbocycles. The lowest BCUT2D eigenvalue weighted by Crippen LogP contribution is -2.47. The first-order valence-electron chi connectivity index (χ1n) is 7.80. The fourth-order valence-electron chi connectivity index (χ4n) is 2.55. The SMILES string of the molecule is CN(CCC#N)C(=O)CCN1CCN(c2cc(Cl)ccn2)CC1. The summed E-state index contributed by atoms with van der Waals surface area (Å²) in [6.45, 7) is 4.83. The number of hydrogen-bond donors (Lipinski definition) is 0. The van der Waals surface area contributed by atoms with E-state index in [1.54, 1.807) is 24.2 Å². The first-order chi connectivity index (χ1) is 11.1. The number of amides is 1. The van der Waals surface area contributed by atoms with E-state index >= 15 is 0 Å². The van der Waals surface area contributed by atoms with Crippen LogP contribution in [0, 0.1) is 11.3 Å². The molecular formula is C16H22ClN5O. The van der Waals surface area contributed by atoms with Gasteiger partial charge in [-0.3, -0.25) is 9.69 Å². The average Bonchev–Trinajstić information content (AvgIpc) is 2.58. The third-order valence-electron chi connectivity index (χ3n) is 4.03. The molecule has 1 aliphatic heterocycles. The van der Waals surface area contributed by atoms with Crippen LogP contribution in [0.15, 0.2) is 18.3 Å². The smallest absolute Gasteiger partial charge is 0.223 e. The second-order valence-electron chi connectivity index (χ2n) is 5.63. The van der Waals surface area contributed by atoms with Crippen molar-refractivity contribution in [2.24, 2.45) is 0 Å². The van der Waals surface area contributed by atoms with Gasteiger partial charge >= 0.3 is 0 Å². The Labute approximate surface area is 142 Å². The number of rotatable bonds is 6. The molecule has 0 saturated carbocycles. The van der Waals surface area contributed by atoms with Crippen molar-refractivity contribution in [3.63, 3.8) is 0 Å². The highest BCUT2D eigenvalue weighted by Gasteiger charge is 2.19. The van der Waals surface area contributed by atoms with Gasteiger partial charge in [0.05, 0.1) is 12.5 Å². The van der Waals surface area contributed by atoms with E-state index in [-0.39, 0.29) is 5.91 Å². The molecular weight excluding hydrogens is 314 g/mol. The molecule has 7 heteroatoms. The van der Waals surface area contributed by atoms with Crippen molar-refractivity contribution in [1.82, 2.24) is 14.8 Å². The Balaban J connectivity index is 1.73. The summed E-state index contributed by atoms with van der Waals surface area (Å²) in [4.78, 5) is 22.5. The third-order valence-corrected chi connectivity index (χ3v) is 4.27. The van der Waals surface area contributed by atoms with Gasteiger partial charge in [-0.15, -0.1) is 0 Å². The summed E-state index contributed by atoms with van der Waals surface area (Å²) in [5.74, 6) is 1.00. The number of hydrogen-bond acceptors (Lipinski definition) is 5. The van der Waals surface area contributed by atoms with Gasteiger partial charge in [0, 0.05) is 64.0 Å². The van der Waals surface area contributed by atoms with Crippen LogP contribution >= 0.6 is 11.6 Å². The van der Waals surface area contributed by atoms with Crippen molar-refractivity contribution >= 4 is 23.3 Å². The number of carbonyl (C=O) groups is 1. The molecule has 1 saturated heterocycles. The number of piperazine rings is 1. The quantitative estimate of drug-likeness (QED) is 0.790. The molecule has 0 spiro atoms. The third kappa shape index (κ3) is 5.38. The van der Waals surface area contributed by atoms with Crippen molar-refractivity contribution in [3.8, 4) is 6.07 Å². The molecule has 0 bridgehead atoms. The number of halogens is 1. The predicted octanol–water partition coefficient (Wildman–Crippen LogP) is 1.62. The van der Waals surface area contributed by atoms with E-state index in [0.29, 0.717) is 24.4 Å². The van der Waals surface area contributed by atoms with Crippen LogP contribution in [0.1, 0.15) is 12.8 Å². The molecule has 1 fully saturated rings. The highest BCUT2D eigenvalue weighted by atomic mass is 35.5. The standard InChI is InChI=1S/C16H22ClN5O/c1-20(7-2-5-18)16(23)4-8-21-9-11-22(12-10-21)15-13-14(17)3-6-19-15/h3,6,13H,2,4,7-12H2,1H3. The van der Waals surface area contributed by atoms with Gasteiger partial charge in [0.15, 0.2) is 0 Å². The molecule has 23 heavy (non-hydrogen) atoms. The summed E-state index contributed by atoms with van der Waals surface area (Å²) >= 11 is 6.00. The van der Waals surface area contributed by atoms with E-state index in [9.17, 15) is 4.79 Å². The average molecular weight is 336 g/mol. The summed E-state index contributed by atoms with van der Waals surface area (Å²) in [5.41, 5.74) is 0. The first kappa shape index (κ1) is 17.5. The molecule has 1 amide bonds. The highest BCUT2D eigenvalue weighted by Crippen LogP contribution is 2.17. The van der Waals surface area contributed by atoms with Crippen molar-refractivity contribution in [1.29, 1.82) is 5.26 Å². The minimum Gasteiger partial charge on any atom is -0.354 e. The maximum Gasteiger partial charge on any atom is 0.223 e. The van der Waals surface area contributed by atoms with E-state index < -0.39 is 0 Å². The Morgan fingerprint density at radius 2 is 2.17 bits per heavy atom. The maximum absolute atomic E-state index is 12.0.